The van der Waals surface area contributed by atoms with Gasteiger partial charge in [-0.1, -0.05) is 18.2 Å². The molecule has 3 N–H and O–H groups in total. The number of benzene rings is 1. The SMILES string of the molecule is CCNC(=O)NC(=O)C(C)N1CCC(O)c2ccccc21. The van der Waals surface area contributed by atoms with Crippen molar-refractivity contribution >= 4 is 17.6 Å². The lowest BCUT2D eigenvalue weighted by molar-refractivity contribution is -0.121. The highest BCUT2D eigenvalue weighted by molar-refractivity contribution is 5.98. The van der Waals surface area contributed by atoms with E-state index in [2.05, 4.69) is 10.6 Å². The largest absolute Gasteiger partial charge is 0.388 e. The molecule has 0 aromatic heterocycles. The average molecular weight is 291 g/mol. The fourth-order valence-corrected chi connectivity index (χ4v) is 2.53. The van der Waals surface area contributed by atoms with E-state index in [0.717, 1.165) is 11.3 Å². The van der Waals surface area contributed by atoms with E-state index in [4.69, 9.17) is 0 Å². The minimum absolute atomic E-state index is 0.354. The fraction of sp³-hybridized carbons (Fsp3) is 0.467. The molecule has 3 amide bonds. The number of carbonyl (C=O) groups excluding carboxylic acids is 2. The van der Waals surface area contributed by atoms with E-state index in [1.165, 1.54) is 0 Å². The molecule has 0 spiro atoms. The third-order valence-corrected chi connectivity index (χ3v) is 3.67. The van der Waals surface area contributed by atoms with Crippen molar-refractivity contribution in [2.75, 3.05) is 18.0 Å². The van der Waals surface area contributed by atoms with Crippen LogP contribution < -0.4 is 15.5 Å². The highest BCUT2D eigenvalue weighted by atomic mass is 16.3. The fourth-order valence-electron chi connectivity index (χ4n) is 2.53. The second kappa shape index (κ2) is 6.58. The van der Waals surface area contributed by atoms with Crippen molar-refractivity contribution in [2.24, 2.45) is 0 Å². The van der Waals surface area contributed by atoms with Gasteiger partial charge in [-0.25, -0.2) is 4.79 Å². The predicted octanol–water partition coefficient (Wildman–Crippen LogP) is 1.16. The molecule has 2 rings (SSSR count). The summed E-state index contributed by atoms with van der Waals surface area (Å²) < 4.78 is 0. The first-order valence-electron chi connectivity index (χ1n) is 7.17. The van der Waals surface area contributed by atoms with Gasteiger partial charge in [-0.15, -0.1) is 0 Å². The molecule has 2 unspecified atom stereocenters. The molecule has 1 aromatic carbocycles. The van der Waals surface area contributed by atoms with Crippen LogP contribution in [0.15, 0.2) is 24.3 Å². The van der Waals surface area contributed by atoms with Gasteiger partial charge in [0, 0.05) is 24.3 Å². The number of imide groups is 1. The number of para-hydroxylation sites is 1. The number of aliphatic hydroxyl groups excluding tert-OH is 1. The van der Waals surface area contributed by atoms with E-state index < -0.39 is 18.2 Å². The van der Waals surface area contributed by atoms with E-state index in [0.29, 0.717) is 19.5 Å². The summed E-state index contributed by atoms with van der Waals surface area (Å²) in [4.78, 5) is 25.5. The maximum atomic E-state index is 12.1. The molecule has 0 fully saturated rings. The molecule has 0 bridgehead atoms. The lowest BCUT2D eigenvalue weighted by Gasteiger charge is -2.37. The number of rotatable bonds is 3. The molecule has 6 nitrogen and oxygen atoms in total. The Hall–Kier alpha value is -2.08. The molecule has 0 saturated carbocycles. The summed E-state index contributed by atoms with van der Waals surface area (Å²) in [5.41, 5.74) is 1.66. The molecule has 6 heteroatoms. The van der Waals surface area contributed by atoms with Crippen molar-refractivity contribution in [1.29, 1.82) is 0 Å². The molecule has 114 valence electrons. The number of fused-ring (bicyclic) bond motifs is 1. The lowest BCUT2D eigenvalue weighted by Crippen LogP contribution is -2.51. The zero-order valence-electron chi connectivity index (χ0n) is 12.3. The maximum absolute atomic E-state index is 12.1. The smallest absolute Gasteiger partial charge is 0.321 e. The van der Waals surface area contributed by atoms with Gasteiger partial charge in [-0.05, 0) is 26.3 Å². The van der Waals surface area contributed by atoms with Crippen LogP contribution in [0.25, 0.3) is 0 Å². The molecular formula is C15H21N3O3. The molecule has 0 saturated heterocycles. The number of nitrogens with one attached hydrogen (secondary N) is 2. The Morgan fingerprint density at radius 2 is 2.14 bits per heavy atom. The van der Waals surface area contributed by atoms with Crippen LogP contribution in [0.1, 0.15) is 31.9 Å². The number of carbonyl (C=O) groups is 2. The van der Waals surface area contributed by atoms with E-state index in [1.54, 1.807) is 13.8 Å². The second-order valence-electron chi connectivity index (χ2n) is 5.08. The van der Waals surface area contributed by atoms with E-state index in [1.807, 2.05) is 29.2 Å². The Morgan fingerprint density at radius 3 is 2.86 bits per heavy atom. The quantitative estimate of drug-likeness (QED) is 0.780. The topological polar surface area (TPSA) is 81.7 Å². The van der Waals surface area contributed by atoms with E-state index in [-0.39, 0.29) is 5.91 Å². The van der Waals surface area contributed by atoms with Gasteiger partial charge in [0.05, 0.1) is 6.10 Å². The van der Waals surface area contributed by atoms with Crippen molar-refractivity contribution in [3.8, 4) is 0 Å². The van der Waals surface area contributed by atoms with E-state index >= 15 is 0 Å². The van der Waals surface area contributed by atoms with Gasteiger partial charge >= 0.3 is 6.03 Å². The van der Waals surface area contributed by atoms with Crippen LogP contribution in [0.3, 0.4) is 0 Å². The average Bonchev–Trinajstić information content (AvgIpc) is 2.47. The standard InChI is InChI=1S/C15H21N3O3/c1-3-16-15(21)17-14(20)10(2)18-9-8-13(19)11-6-4-5-7-12(11)18/h4-7,10,13,19H,3,8-9H2,1-2H3,(H2,16,17,20,21). The Bertz CT molecular complexity index is 533. The van der Waals surface area contributed by atoms with Gasteiger partial charge in [0.15, 0.2) is 0 Å². The number of nitrogens with zero attached hydrogens (tertiary/aromatic N) is 1. The molecule has 1 aliphatic heterocycles. The summed E-state index contributed by atoms with van der Waals surface area (Å²) >= 11 is 0. The molecular weight excluding hydrogens is 270 g/mol. The number of urea groups is 1. The van der Waals surface area contributed by atoms with Gasteiger partial charge in [0.2, 0.25) is 5.91 Å². The highest BCUT2D eigenvalue weighted by Crippen LogP contribution is 2.34. The van der Waals surface area contributed by atoms with Crippen LogP contribution in [0.4, 0.5) is 10.5 Å². The number of amides is 3. The summed E-state index contributed by atoms with van der Waals surface area (Å²) in [6.45, 7) is 4.58. The first-order valence-corrected chi connectivity index (χ1v) is 7.17. The minimum atomic E-state index is -0.504. The van der Waals surface area contributed by atoms with Crippen molar-refractivity contribution in [3.05, 3.63) is 29.8 Å². The number of hydrogen-bond acceptors (Lipinski definition) is 4. The summed E-state index contributed by atoms with van der Waals surface area (Å²) in [7, 11) is 0. The van der Waals surface area contributed by atoms with Crippen molar-refractivity contribution < 1.29 is 14.7 Å². The molecule has 0 aliphatic carbocycles. The zero-order chi connectivity index (χ0) is 15.4. The first-order chi connectivity index (χ1) is 10.0. The molecule has 2 atom stereocenters. The van der Waals surface area contributed by atoms with Crippen LogP contribution in [-0.2, 0) is 4.79 Å². The molecule has 0 radical (unpaired) electrons. The molecule has 1 heterocycles. The van der Waals surface area contributed by atoms with Crippen LogP contribution in [0.5, 0.6) is 0 Å². The van der Waals surface area contributed by atoms with Gasteiger partial charge in [0.25, 0.3) is 0 Å². The van der Waals surface area contributed by atoms with E-state index in [9.17, 15) is 14.7 Å². The molecule has 21 heavy (non-hydrogen) atoms. The Balaban J connectivity index is 2.13. The Kier molecular flexibility index (Phi) is 4.80. The lowest BCUT2D eigenvalue weighted by atomic mass is 9.97. The normalized spacial score (nSPS) is 18.6. The number of aliphatic hydroxyl groups is 1. The highest BCUT2D eigenvalue weighted by Gasteiger charge is 2.29. The summed E-state index contributed by atoms with van der Waals surface area (Å²) in [6.07, 6.45) is 0.0617. The van der Waals surface area contributed by atoms with Gasteiger partial charge in [-0.2, -0.15) is 0 Å². The number of hydrogen-bond donors (Lipinski definition) is 3. The molecule has 1 aliphatic rings. The Morgan fingerprint density at radius 1 is 1.43 bits per heavy atom. The van der Waals surface area contributed by atoms with Gasteiger partial charge < -0.3 is 15.3 Å². The third kappa shape index (κ3) is 3.33. The summed E-state index contributed by atoms with van der Waals surface area (Å²) in [5.74, 6) is -0.354. The third-order valence-electron chi connectivity index (χ3n) is 3.67. The monoisotopic (exact) mass is 291 g/mol. The van der Waals surface area contributed by atoms with Gasteiger partial charge in [0.1, 0.15) is 6.04 Å². The minimum Gasteiger partial charge on any atom is -0.388 e. The zero-order valence-corrected chi connectivity index (χ0v) is 12.3. The van der Waals surface area contributed by atoms with Crippen LogP contribution in [0, 0.1) is 0 Å². The maximum Gasteiger partial charge on any atom is 0.321 e. The Labute approximate surface area is 124 Å². The van der Waals surface area contributed by atoms with Crippen LogP contribution in [-0.4, -0.2) is 36.2 Å². The molecule has 1 aromatic rings. The second-order valence-corrected chi connectivity index (χ2v) is 5.08. The van der Waals surface area contributed by atoms with Crippen LogP contribution >= 0.6 is 0 Å². The van der Waals surface area contributed by atoms with Crippen molar-refractivity contribution in [1.82, 2.24) is 10.6 Å². The first kappa shape index (κ1) is 15.3. The predicted molar refractivity (Wildman–Crippen MR) is 80.0 cm³/mol. The van der Waals surface area contributed by atoms with Crippen molar-refractivity contribution in [2.45, 2.75) is 32.4 Å². The van der Waals surface area contributed by atoms with Gasteiger partial charge in [-0.3, -0.25) is 10.1 Å². The summed E-state index contributed by atoms with van der Waals surface area (Å²) in [6, 6.07) is 6.51. The summed E-state index contributed by atoms with van der Waals surface area (Å²) in [5, 5.41) is 14.9. The number of anilines is 1. The van der Waals surface area contributed by atoms with Crippen molar-refractivity contribution in [3.63, 3.8) is 0 Å². The van der Waals surface area contributed by atoms with Crippen LogP contribution in [0.2, 0.25) is 0 Å².